The minimum absolute atomic E-state index is 0. The van der Waals surface area contributed by atoms with Crippen molar-refractivity contribution in [2.24, 2.45) is 0 Å². The van der Waals surface area contributed by atoms with Crippen molar-refractivity contribution >= 4 is 17.5 Å². The van der Waals surface area contributed by atoms with Crippen LogP contribution in [0.25, 0.3) is 11.3 Å². The van der Waals surface area contributed by atoms with Crippen LogP contribution >= 0.6 is 0 Å². The van der Waals surface area contributed by atoms with Gasteiger partial charge in [0, 0.05) is 20.7 Å². The molecule has 2 aromatic rings. The fraction of sp³-hybridized carbons (Fsp3) is 0.500. The zero-order valence-corrected chi connectivity index (χ0v) is 16.1. The maximum atomic E-state index is 12.1. The predicted molar refractivity (Wildman–Crippen MR) is 109 cm³/mol. The summed E-state index contributed by atoms with van der Waals surface area (Å²) in [7, 11) is 0. The average molecular weight is 387 g/mol. The molecule has 152 valence electrons. The second-order valence-corrected chi connectivity index (χ2v) is 8.06. The fourth-order valence-electron chi connectivity index (χ4n) is 3.79. The molecule has 0 unspecified atom stereocenters. The van der Waals surface area contributed by atoms with Crippen molar-refractivity contribution < 1.29 is 17.9 Å². The van der Waals surface area contributed by atoms with E-state index < -0.39 is 5.60 Å². The number of carbonyl (C=O) groups is 1. The standard InChI is InChI=1S/C20H25N5O3.2H2/c1-20(2,28)16-8-3-12(9-21-16)15-10-22-18-19(23-15)25(11-17(27)24-18)13-4-6-14(26)7-5-13;;/h3,8-10,13-14,26,28H,4-7,11H2,1-2H3,(H,22,24,27);2*1H. The van der Waals surface area contributed by atoms with Crippen molar-refractivity contribution in [2.75, 3.05) is 16.8 Å². The van der Waals surface area contributed by atoms with E-state index in [4.69, 9.17) is 4.98 Å². The zero-order valence-electron chi connectivity index (χ0n) is 16.1. The molecule has 1 aliphatic carbocycles. The van der Waals surface area contributed by atoms with Crippen LogP contribution in [0.15, 0.2) is 24.5 Å². The van der Waals surface area contributed by atoms with Gasteiger partial charge in [0.05, 0.1) is 30.2 Å². The monoisotopic (exact) mass is 387 g/mol. The number of hydrogen-bond donors (Lipinski definition) is 3. The van der Waals surface area contributed by atoms with E-state index in [9.17, 15) is 15.0 Å². The Morgan fingerprint density at radius 3 is 2.57 bits per heavy atom. The minimum atomic E-state index is -1.01. The van der Waals surface area contributed by atoms with Crippen molar-refractivity contribution in [2.45, 2.75) is 57.3 Å². The first-order chi connectivity index (χ1) is 13.3. The van der Waals surface area contributed by atoms with Gasteiger partial charge in [-0.3, -0.25) is 9.78 Å². The molecule has 8 heteroatoms. The van der Waals surface area contributed by atoms with Crippen LogP contribution in [-0.2, 0) is 10.4 Å². The number of aliphatic hydroxyl groups is 2. The SMILES string of the molecule is CC(C)(O)c1ccc(-c2cnc3c(n2)N(C2CCC(O)CC2)CC(=O)N3)cn1.[HH].[HH]. The molecule has 1 aliphatic heterocycles. The molecule has 3 heterocycles. The molecule has 2 aromatic heterocycles. The lowest BCUT2D eigenvalue weighted by atomic mass is 9.91. The maximum Gasteiger partial charge on any atom is 0.245 e. The second kappa shape index (κ2) is 7.10. The van der Waals surface area contributed by atoms with Crippen molar-refractivity contribution in [3.8, 4) is 11.3 Å². The van der Waals surface area contributed by atoms with Gasteiger partial charge in [-0.1, -0.05) is 0 Å². The number of nitrogens with zero attached hydrogens (tertiary/aromatic N) is 4. The van der Waals surface area contributed by atoms with Gasteiger partial charge in [-0.25, -0.2) is 9.97 Å². The second-order valence-electron chi connectivity index (χ2n) is 8.06. The highest BCUT2D eigenvalue weighted by Gasteiger charge is 2.33. The molecule has 1 amide bonds. The summed E-state index contributed by atoms with van der Waals surface area (Å²) < 4.78 is 0. The summed E-state index contributed by atoms with van der Waals surface area (Å²) >= 11 is 0. The summed E-state index contributed by atoms with van der Waals surface area (Å²) in [5.41, 5.74) is 1.02. The zero-order chi connectivity index (χ0) is 19.9. The van der Waals surface area contributed by atoms with Gasteiger partial charge in [-0.15, -0.1) is 0 Å². The molecular formula is C20H29N5O3. The topological polar surface area (TPSA) is 111 Å². The van der Waals surface area contributed by atoms with E-state index in [2.05, 4.69) is 15.3 Å². The highest BCUT2D eigenvalue weighted by molar-refractivity contribution is 5.99. The Morgan fingerprint density at radius 2 is 1.93 bits per heavy atom. The van der Waals surface area contributed by atoms with E-state index in [1.54, 1.807) is 32.3 Å². The first-order valence-corrected chi connectivity index (χ1v) is 9.62. The van der Waals surface area contributed by atoms with Crippen molar-refractivity contribution in [1.29, 1.82) is 0 Å². The number of nitrogens with one attached hydrogen (secondary N) is 1. The van der Waals surface area contributed by atoms with E-state index in [-0.39, 0.29) is 27.5 Å². The van der Waals surface area contributed by atoms with Gasteiger partial charge in [0.1, 0.15) is 5.60 Å². The lowest BCUT2D eigenvalue weighted by Crippen LogP contribution is -2.47. The van der Waals surface area contributed by atoms with Crippen LogP contribution in [-0.4, -0.2) is 49.8 Å². The molecule has 0 aromatic carbocycles. The Labute approximate surface area is 166 Å². The largest absolute Gasteiger partial charge is 0.393 e. The first kappa shape index (κ1) is 18.8. The third kappa shape index (κ3) is 3.70. The highest BCUT2D eigenvalue weighted by atomic mass is 16.3. The summed E-state index contributed by atoms with van der Waals surface area (Å²) in [5, 5.41) is 22.7. The Kier molecular flexibility index (Phi) is 4.76. The molecule has 1 fully saturated rings. The van der Waals surface area contributed by atoms with Crippen LogP contribution in [0.2, 0.25) is 0 Å². The Morgan fingerprint density at radius 1 is 1.18 bits per heavy atom. The first-order valence-electron chi connectivity index (χ1n) is 9.62. The number of rotatable bonds is 3. The Balaban J connectivity index is 0.00000160. The number of amides is 1. The van der Waals surface area contributed by atoms with Gasteiger partial charge in [0.15, 0.2) is 11.6 Å². The van der Waals surface area contributed by atoms with Gasteiger partial charge < -0.3 is 20.4 Å². The number of carbonyl (C=O) groups excluding carboxylic acids is 1. The summed E-state index contributed by atoms with van der Waals surface area (Å²) in [4.78, 5) is 27.7. The Bertz CT molecular complexity index is 881. The summed E-state index contributed by atoms with van der Waals surface area (Å²) in [6, 6.07) is 3.80. The number of pyridine rings is 1. The molecule has 0 spiro atoms. The van der Waals surface area contributed by atoms with Crippen LogP contribution in [0.1, 0.15) is 48.1 Å². The highest BCUT2D eigenvalue weighted by Crippen LogP contribution is 2.34. The van der Waals surface area contributed by atoms with E-state index in [1.807, 2.05) is 11.0 Å². The van der Waals surface area contributed by atoms with E-state index >= 15 is 0 Å². The molecule has 4 rings (SSSR count). The summed E-state index contributed by atoms with van der Waals surface area (Å²) in [6.45, 7) is 3.62. The molecule has 28 heavy (non-hydrogen) atoms. The molecule has 3 N–H and O–H groups in total. The van der Waals surface area contributed by atoms with Gasteiger partial charge >= 0.3 is 0 Å². The van der Waals surface area contributed by atoms with E-state index in [0.29, 0.717) is 23.0 Å². The third-order valence-corrected chi connectivity index (χ3v) is 5.39. The molecule has 1 saturated carbocycles. The van der Waals surface area contributed by atoms with Crippen LogP contribution in [0.5, 0.6) is 0 Å². The Hall–Kier alpha value is -2.58. The van der Waals surface area contributed by atoms with Crippen molar-refractivity contribution in [3.63, 3.8) is 0 Å². The lowest BCUT2D eigenvalue weighted by Gasteiger charge is -2.38. The van der Waals surface area contributed by atoms with Crippen LogP contribution in [0.4, 0.5) is 11.6 Å². The van der Waals surface area contributed by atoms with Crippen LogP contribution < -0.4 is 10.2 Å². The number of anilines is 2. The number of hydrogen-bond acceptors (Lipinski definition) is 7. The molecule has 0 atom stereocenters. The van der Waals surface area contributed by atoms with E-state index in [0.717, 1.165) is 31.2 Å². The summed E-state index contributed by atoms with van der Waals surface area (Å²) in [6.07, 6.45) is 6.14. The fourth-order valence-corrected chi connectivity index (χ4v) is 3.79. The van der Waals surface area contributed by atoms with Crippen molar-refractivity contribution in [1.82, 2.24) is 15.0 Å². The number of aliphatic hydroxyl groups excluding tert-OH is 1. The lowest BCUT2D eigenvalue weighted by molar-refractivity contribution is -0.115. The molecular weight excluding hydrogens is 358 g/mol. The van der Waals surface area contributed by atoms with Gasteiger partial charge in [-0.05, 0) is 51.7 Å². The molecule has 0 saturated heterocycles. The minimum Gasteiger partial charge on any atom is -0.393 e. The third-order valence-electron chi connectivity index (χ3n) is 5.39. The van der Waals surface area contributed by atoms with Gasteiger partial charge in [0.25, 0.3) is 0 Å². The quantitative estimate of drug-likeness (QED) is 0.741. The summed E-state index contributed by atoms with van der Waals surface area (Å²) in [5.74, 6) is 1.02. The number of aromatic nitrogens is 3. The predicted octanol–water partition coefficient (Wildman–Crippen LogP) is 2.32. The van der Waals surface area contributed by atoms with Gasteiger partial charge in [-0.2, -0.15) is 0 Å². The molecule has 2 aliphatic rings. The smallest absolute Gasteiger partial charge is 0.245 e. The maximum absolute atomic E-state index is 12.1. The van der Waals surface area contributed by atoms with Crippen LogP contribution in [0, 0.1) is 0 Å². The molecule has 8 nitrogen and oxygen atoms in total. The van der Waals surface area contributed by atoms with Crippen molar-refractivity contribution in [3.05, 3.63) is 30.2 Å². The molecule has 0 radical (unpaired) electrons. The normalized spacial score (nSPS) is 22.6. The average Bonchev–Trinajstić information content (AvgIpc) is 2.67. The van der Waals surface area contributed by atoms with Crippen LogP contribution in [0.3, 0.4) is 0 Å². The molecule has 0 bridgehead atoms. The number of fused-ring (bicyclic) bond motifs is 1. The van der Waals surface area contributed by atoms with Gasteiger partial charge in [0.2, 0.25) is 5.91 Å². The van der Waals surface area contributed by atoms with E-state index in [1.165, 1.54) is 0 Å².